The standard InChI is InChI=1S/C20H18N4O2/c1-23-16-3-2-12(24-8-6-21-7-9-24)10-14(16)17-18(23)20(26)13-4-5-22-11-15(13)19(17)25/h2-5,10-11,21H,6-9H2,1H3. The van der Waals surface area contributed by atoms with Gasteiger partial charge in [0.15, 0.2) is 5.78 Å². The van der Waals surface area contributed by atoms with Crippen LogP contribution in [0.25, 0.3) is 10.9 Å². The first-order valence-electron chi connectivity index (χ1n) is 8.78. The van der Waals surface area contributed by atoms with E-state index in [4.69, 9.17) is 0 Å². The number of fused-ring (bicyclic) bond motifs is 4. The van der Waals surface area contributed by atoms with Gasteiger partial charge in [-0.1, -0.05) is 0 Å². The summed E-state index contributed by atoms with van der Waals surface area (Å²) < 4.78 is 1.84. The van der Waals surface area contributed by atoms with Crippen LogP contribution in [0.3, 0.4) is 0 Å². The molecular formula is C20H18N4O2. The number of ketones is 2. The Labute approximate surface area is 150 Å². The van der Waals surface area contributed by atoms with Crippen LogP contribution < -0.4 is 10.2 Å². The van der Waals surface area contributed by atoms with Gasteiger partial charge in [0.05, 0.1) is 11.1 Å². The van der Waals surface area contributed by atoms with E-state index in [9.17, 15) is 9.59 Å². The van der Waals surface area contributed by atoms with Crippen LogP contribution in [0.2, 0.25) is 0 Å². The molecule has 0 atom stereocenters. The van der Waals surface area contributed by atoms with E-state index in [-0.39, 0.29) is 11.6 Å². The summed E-state index contributed by atoms with van der Waals surface area (Å²) in [6.07, 6.45) is 3.05. The average Bonchev–Trinajstić information content (AvgIpc) is 2.99. The highest BCUT2D eigenvalue weighted by Crippen LogP contribution is 2.36. The lowest BCUT2D eigenvalue weighted by atomic mass is 9.88. The molecular weight excluding hydrogens is 328 g/mol. The molecule has 2 aromatic heterocycles. The van der Waals surface area contributed by atoms with Gasteiger partial charge in [-0.3, -0.25) is 14.6 Å². The Morgan fingerprint density at radius 3 is 2.65 bits per heavy atom. The summed E-state index contributed by atoms with van der Waals surface area (Å²) >= 11 is 0. The lowest BCUT2D eigenvalue weighted by Gasteiger charge is -2.29. The zero-order valence-electron chi connectivity index (χ0n) is 14.5. The third kappa shape index (κ3) is 1.99. The summed E-state index contributed by atoms with van der Waals surface area (Å²) in [6, 6.07) is 7.76. The molecule has 3 aromatic rings. The van der Waals surface area contributed by atoms with Gasteiger partial charge < -0.3 is 14.8 Å². The molecule has 6 nitrogen and oxygen atoms in total. The van der Waals surface area contributed by atoms with E-state index in [0.29, 0.717) is 22.4 Å². The molecule has 0 radical (unpaired) electrons. The topological polar surface area (TPSA) is 67.2 Å². The summed E-state index contributed by atoms with van der Waals surface area (Å²) in [4.78, 5) is 32.5. The molecule has 1 N–H and O–H groups in total. The van der Waals surface area contributed by atoms with Crippen molar-refractivity contribution in [2.75, 3.05) is 31.1 Å². The van der Waals surface area contributed by atoms with E-state index in [1.165, 1.54) is 6.20 Å². The molecule has 0 spiro atoms. The van der Waals surface area contributed by atoms with Gasteiger partial charge in [-0.2, -0.15) is 0 Å². The zero-order valence-corrected chi connectivity index (χ0v) is 14.5. The molecule has 0 saturated carbocycles. The smallest absolute Gasteiger partial charge is 0.211 e. The number of piperazine rings is 1. The molecule has 1 saturated heterocycles. The molecule has 5 rings (SSSR count). The number of pyridine rings is 1. The van der Waals surface area contributed by atoms with Gasteiger partial charge in [-0.05, 0) is 24.3 Å². The molecule has 1 aliphatic carbocycles. The number of anilines is 1. The Morgan fingerprint density at radius 1 is 1.04 bits per heavy atom. The maximum absolute atomic E-state index is 13.1. The minimum absolute atomic E-state index is 0.112. The number of rotatable bonds is 1. The van der Waals surface area contributed by atoms with Crippen LogP contribution in [0.4, 0.5) is 5.69 Å². The SMILES string of the molecule is Cn1c2c(c3cc(N4CCNCC4)ccc31)C(=O)c1cnccc1C2=O. The number of nitrogens with one attached hydrogen (secondary N) is 1. The van der Waals surface area contributed by atoms with Crippen LogP contribution in [-0.4, -0.2) is 47.3 Å². The molecule has 3 heterocycles. The monoisotopic (exact) mass is 346 g/mol. The highest BCUT2D eigenvalue weighted by molar-refractivity contribution is 6.32. The van der Waals surface area contributed by atoms with E-state index < -0.39 is 0 Å². The minimum Gasteiger partial charge on any atom is -0.369 e. The molecule has 130 valence electrons. The fourth-order valence-electron chi connectivity index (χ4n) is 4.08. The van der Waals surface area contributed by atoms with Crippen molar-refractivity contribution < 1.29 is 9.59 Å². The third-order valence-corrected chi connectivity index (χ3v) is 5.42. The van der Waals surface area contributed by atoms with E-state index in [1.54, 1.807) is 12.3 Å². The highest BCUT2D eigenvalue weighted by atomic mass is 16.1. The van der Waals surface area contributed by atoms with Crippen molar-refractivity contribution in [1.82, 2.24) is 14.9 Å². The first-order chi connectivity index (χ1) is 12.7. The lowest BCUT2D eigenvalue weighted by Crippen LogP contribution is -2.43. The Hall–Kier alpha value is -2.99. The number of carbonyl (C=O) groups is 2. The molecule has 26 heavy (non-hydrogen) atoms. The molecule has 0 amide bonds. The van der Waals surface area contributed by atoms with Crippen molar-refractivity contribution >= 4 is 28.2 Å². The second-order valence-corrected chi connectivity index (χ2v) is 6.80. The van der Waals surface area contributed by atoms with E-state index in [1.807, 2.05) is 23.7 Å². The average molecular weight is 346 g/mol. The quantitative estimate of drug-likeness (QED) is 0.569. The first-order valence-corrected chi connectivity index (χ1v) is 8.78. The van der Waals surface area contributed by atoms with Crippen LogP contribution in [0.1, 0.15) is 32.0 Å². The number of aryl methyl sites for hydroxylation is 1. The number of benzene rings is 1. The highest BCUT2D eigenvalue weighted by Gasteiger charge is 2.35. The van der Waals surface area contributed by atoms with Crippen LogP contribution in [0, 0.1) is 0 Å². The Morgan fingerprint density at radius 2 is 1.85 bits per heavy atom. The molecule has 2 aliphatic rings. The predicted octanol–water partition coefficient (Wildman–Crippen LogP) is 1.76. The number of nitrogens with zero attached hydrogens (tertiary/aromatic N) is 3. The van der Waals surface area contributed by atoms with Crippen molar-refractivity contribution in [3.8, 4) is 0 Å². The van der Waals surface area contributed by atoms with Gasteiger partial charge in [-0.15, -0.1) is 0 Å². The predicted molar refractivity (Wildman–Crippen MR) is 99.1 cm³/mol. The van der Waals surface area contributed by atoms with Crippen LogP contribution in [0.15, 0.2) is 36.7 Å². The van der Waals surface area contributed by atoms with E-state index >= 15 is 0 Å². The summed E-state index contributed by atoms with van der Waals surface area (Å²) in [5, 5.41) is 4.19. The van der Waals surface area contributed by atoms with Crippen molar-refractivity contribution in [2.24, 2.45) is 7.05 Å². The van der Waals surface area contributed by atoms with Gasteiger partial charge in [0.1, 0.15) is 5.69 Å². The minimum atomic E-state index is -0.120. The maximum Gasteiger partial charge on any atom is 0.211 e. The maximum atomic E-state index is 13.1. The van der Waals surface area contributed by atoms with Gasteiger partial charge in [0, 0.05) is 67.8 Å². The lowest BCUT2D eigenvalue weighted by molar-refractivity contribution is 0.0975. The van der Waals surface area contributed by atoms with E-state index in [0.717, 1.165) is 42.8 Å². The number of carbonyl (C=O) groups excluding carboxylic acids is 2. The van der Waals surface area contributed by atoms with Crippen molar-refractivity contribution in [2.45, 2.75) is 0 Å². The Kier molecular flexibility index (Phi) is 3.24. The fraction of sp³-hybridized carbons (Fsp3) is 0.250. The van der Waals surface area contributed by atoms with Crippen LogP contribution in [0.5, 0.6) is 0 Å². The first kappa shape index (κ1) is 15.3. The molecule has 0 unspecified atom stereocenters. The zero-order chi connectivity index (χ0) is 17.8. The number of hydrogen-bond acceptors (Lipinski definition) is 5. The van der Waals surface area contributed by atoms with Crippen molar-refractivity contribution in [1.29, 1.82) is 0 Å². The van der Waals surface area contributed by atoms with Crippen molar-refractivity contribution in [3.05, 3.63) is 59.0 Å². The molecule has 0 bridgehead atoms. The van der Waals surface area contributed by atoms with Crippen LogP contribution in [-0.2, 0) is 7.05 Å². The summed E-state index contributed by atoms with van der Waals surface area (Å²) in [5.74, 6) is -0.231. The van der Waals surface area contributed by atoms with Gasteiger partial charge in [-0.25, -0.2) is 0 Å². The van der Waals surface area contributed by atoms with Gasteiger partial charge in [0.25, 0.3) is 0 Å². The van der Waals surface area contributed by atoms with E-state index in [2.05, 4.69) is 21.3 Å². The Balaban J connectivity index is 1.74. The molecule has 1 aromatic carbocycles. The summed E-state index contributed by atoms with van der Waals surface area (Å²) in [6.45, 7) is 3.75. The fourth-order valence-corrected chi connectivity index (χ4v) is 4.08. The van der Waals surface area contributed by atoms with Gasteiger partial charge in [0.2, 0.25) is 5.78 Å². The molecule has 1 aliphatic heterocycles. The van der Waals surface area contributed by atoms with Crippen molar-refractivity contribution in [3.63, 3.8) is 0 Å². The van der Waals surface area contributed by atoms with Crippen LogP contribution >= 0.6 is 0 Å². The summed E-state index contributed by atoms with van der Waals surface area (Å²) in [7, 11) is 1.85. The largest absolute Gasteiger partial charge is 0.369 e. The number of aromatic nitrogens is 2. The molecule has 6 heteroatoms. The number of hydrogen-bond donors (Lipinski definition) is 1. The molecule has 1 fully saturated rings. The van der Waals surface area contributed by atoms with Gasteiger partial charge >= 0.3 is 0 Å². The Bertz CT molecular complexity index is 1080. The third-order valence-electron chi connectivity index (χ3n) is 5.42. The second kappa shape index (κ2) is 5.51. The normalized spacial score (nSPS) is 16.7. The summed E-state index contributed by atoms with van der Waals surface area (Å²) in [5.41, 5.74) is 3.79. The second-order valence-electron chi connectivity index (χ2n) is 6.80.